The quantitative estimate of drug-likeness (QED) is 0.651. The molecule has 0 spiro atoms. The van der Waals surface area contributed by atoms with Gasteiger partial charge in [-0.2, -0.15) is 0 Å². The van der Waals surface area contributed by atoms with Gasteiger partial charge in [-0.15, -0.1) is 0 Å². The molecule has 1 aliphatic carbocycles. The fourth-order valence-electron chi connectivity index (χ4n) is 4.08. The molecule has 0 aromatic carbocycles. The molecule has 0 radical (unpaired) electrons. The van der Waals surface area contributed by atoms with Gasteiger partial charge in [0, 0.05) is 36.9 Å². The molecule has 3 heterocycles. The molecule has 156 valence electrons. The number of anilines is 2. The highest BCUT2D eigenvalue weighted by Gasteiger charge is 2.18. The Kier molecular flexibility index (Phi) is 5.79. The van der Waals surface area contributed by atoms with Crippen LogP contribution in [0.1, 0.15) is 51.1 Å². The third kappa shape index (κ3) is 4.67. The molecule has 1 saturated carbocycles. The van der Waals surface area contributed by atoms with Crippen molar-refractivity contribution in [2.45, 2.75) is 52.4 Å². The number of fused-ring (bicyclic) bond motifs is 1. The average Bonchev–Trinajstić information content (AvgIpc) is 3.11. The minimum absolute atomic E-state index is 0.0639. The van der Waals surface area contributed by atoms with Gasteiger partial charge in [-0.1, -0.05) is 19.3 Å². The fourth-order valence-corrected chi connectivity index (χ4v) is 4.08. The molecule has 0 unspecified atom stereocenters. The first-order valence-corrected chi connectivity index (χ1v) is 10.5. The average molecular weight is 406 g/mol. The molecule has 2 N–H and O–H groups in total. The Morgan fingerprint density at radius 3 is 2.67 bits per heavy atom. The molecule has 3 aromatic rings. The molecule has 0 bridgehead atoms. The van der Waals surface area contributed by atoms with Gasteiger partial charge in [0.1, 0.15) is 5.65 Å². The van der Waals surface area contributed by atoms with Crippen molar-refractivity contribution in [1.82, 2.24) is 14.4 Å². The van der Waals surface area contributed by atoms with Crippen LogP contribution in [0.4, 0.5) is 11.5 Å². The van der Waals surface area contributed by atoms with Crippen LogP contribution in [0.15, 0.2) is 36.8 Å². The molecule has 0 atom stereocenters. The Morgan fingerprint density at radius 1 is 1.10 bits per heavy atom. The maximum absolute atomic E-state index is 12.6. The van der Waals surface area contributed by atoms with Crippen LogP contribution in [0.5, 0.6) is 0 Å². The van der Waals surface area contributed by atoms with Crippen LogP contribution < -0.4 is 10.6 Å². The molecule has 3 aromatic heterocycles. The second-order valence-electron chi connectivity index (χ2n) is 8.10. The van der Waals surface area contributed by atoms with Crippen molar-refractivity contribution in [3.63, 3.8) is 0 Å². The van der Waals surface area contributed by atoms with E-state index in [1.807, 2.05) is 35.7 Å². The van der Waals surface area contributed by atoms with E-state index in [0.29, 0.717) is 18.2 Å². The van der Waals surface area contributed by atoms with Gasteiger partial charge in [0.05, 0.1) is 17.6 Å². The van der Waals surface area contributed by atoms with Crippen LogP contribution >= 0.6 is 0 Å². The number of aryl methyl sites for hydroxylation is 1. The van der Waals surface area contributed by atoms with E-state index in [-0.39, 0.29) is 11.8 Å². The molecule has 1 aliphatic rings. The number of rotatable bonds is 5. The Labute approximate surface area is 175 Å². The maximum atomic E-state index is 12.6. The molecule has 0 saturated heterocycles. The monoisotopic (exact) mass is 405 g/mol. The summed E-state index contributed by atoms with van der Waals surface area (Å²) in [5.74, 6) is 0.915. The third-order valence-corrected chi connectivity index (χ3v) is 5.65. The number of hydrogen-bond donors (Lipinski definition) is 2. The first kappa shape index (κ1) is 20.1. The first-order chi connectivity index (χ1) is 14.5. The molecule has 30 heavy (non-hydrogen) atoms. The second kappa shape index (κ2) is 8.65. The van der Waals surface area contributed by atoms with Crippen molar-refractivity contribution < 1.29 is 9.59 Å². The summed E-state index contributed by atoms with van der Waals surface area (Å²) in [5, 5.41) is 5.76. The summed E-state index contributed by atoms with van der Waals surface area (Å²) < 4.78 is 1.86. The molecular formula is C23H27N5O2. The van der Waals surface area contributed by atoms with Crippen LogP contribution in [0.25, 0.3) is 16.8 Å². The van der Waals surface area contributed by atoms with Crippen LogP contribution in [0, 0.1) is 12.8 Å². The van der Waals surface area contributed by atoms with Crippen molar-refractivity contribution in [3.8, 4) is 11.1 Å². The van der Waals surface area contributed by atoms with Crippen LogP contribution in [0.3, 0.4) is 0 Å². The maximum Gasteiger partial charge on any atom is 0.224 e. The second-order valence-corrected chi connectivity index (χ2v) is 8.10. The van der Waals surface area contributed by atoms with E-state index in [1.54, 1.807) is 12.4 Å². The minimum atomic E-state index is -0.157. The van der Waals surface area contributed by atoms with E-state index in [9.17, 15) is 9.59 Å². The summed E-state index contributed by atoms with van der Waals surface area (Å²) >= 11 is 0. The van der Waals surface area contributed by atoms with Crippen LogP contribution in [-0.2, 0) is 9.59 Å². The number of aromatic nitrogens is 3. The van der Waals surface area contributed by atoms with Crippen LogP contribution in [-0.4, -0.2) is 26.2 Å². The molecule has 7 heteroatoms. The van der Waals surface area contributed by atoms with Crippen molar-refractivity contribution in [3.05, 3.63) is 42.5 Å². The van der Waals surface area contributed by atoms with Gasteiger partial charge in [0.15, 0.2) is 5.82 Å². The smallest absolute Gasteiger partial charge is 0.224 e. The summed E-state index contributed by atoms with van der Waals surface area (Å²) in [6, 6.07) is 5.82. The summed E-state index contributed by atoms with van der Waals surface area (Å²) in [5.41, 5.74) is 4.14. The Hall–Kier alpha value is -3.22. The predicted octanol–water partition coefficient (Wildman–Crippen LogP) is 4.57. The Bertz CT molecular complexity index is 1080. The summed E-state index contributed by atoms with van der Waals surface area (Å²) in [6.45, 7) is 3.36. The van der Waals surface area contributed by atoms with Gasteiger partial charge in [0.25, 0.3) is 0 Å². The fraction of sp³-hybridized carbons (Fsp3) is 0.391. The van der Waals surface area contributed by atoms with Gasteiger partial charge in [-0.05, 0) is 43.9 Å². The molecule has 7 nitrogen and oxygen atoms in total. The Balaban J connectivity index is 1.53. The van der Waals surface area contributed by atoms with E-state index in [1.165, 1.54) is 26.2 Å². The lowest BCUT2D eigenvalue weighted by Crippen LogP contribution is -2.19. The number of nitrogens with zero attached hydrogens (tertiary/aromatic N) is 3. The van der Waals surface area contributed by atoms with Gasteiger partial charge >= 0.3 is 0 Å². The lowest BCUT2D eigenvalue weighted by molar-refractivity contribution is -0.117. The van der Waals surface area contributed by atoms with Crippen molar-refractivity contribution in [2.75, 3.05) is 10.6 Å². The SMILES string of the molecule is CC(=O)Nc1cn2cc(-c3cnc(C)c(NC(=O)CC4CCCCC4)c3)ccc2n1. The number of pyridine rings is 2. The van der Waals surface area contributed by atoms with E-state index in [2.05, 4.69) is 20.6 Å². The van der Waals surface area contributed by atoms with E-state index in [4.69, 9.17) is 0 Å². The van der Waals surface area contributed by atoms with Gasteiger partial charge in [-0.3, -0.25) is 14.6 Å². The van der Waals surface area contributed by atoms with Gasteiger partial charge < -0.3 is 15.0 Å². The van der Waals surface area contributed by atoms with E-state index < -0.39 is 0 Å². The summed E-state index contributed by atoms with van der Waals surface area (Å²) in [7, 11) is 0. The number of carbonyl (C=O) groups excluding carboxylic acids is 2. The number of imidazole rings is 1. The highest BCUT2D eigenvalue weighted by atomic mass is 16.2. The van der Waals surface area contributed by atoms with Crippen molar-refractivity contribution >= 4 is 29.0 Å². The minimum Gasteiger partial charge on any atom is -0.324 e. The summed E-state index contributed by atoms with van der Waals surface area (Å²) in [6.07, 6.45) is 12.1. The van der Waals surface area contributed by atoms with Crippen LogP contribution in [0.2, 0.25) is 0 Å². The van der Waals surface area contributed by atoms with Crippen molar-refractivity contribution in [1.29, 1.82) is 0 Å². The molecule has 0 aliphatic heterocycles. The van der Waals surface area contributed by atoms with E-state index >= 15 is 0 Å². The number of amides is 2. The number of hydrogen-bond acceptors (Lipinski definition) is 4. The van der Waals surface area contributed by atoms with E-state index in [0.717, 1.165) is 41.0 Å². The van der Waals surface area contributed by atoms with Gasteiger partial charge in [-0.25, -0.2) is 4.98 Å². The predicted molar refractivity (Wildman–Crippen MR) is 117 cm³/mol. The third-order valence-electron chi connectivity index (χ3n) is 5.65. The number of nitrogens with one attached hydrogen (secondary N) is 2. The topological polar surface area (TPSA) is 88.4 Å². The van der Waals surface area contributed by atoms with Crippen molar-refractivity contribution in [2.24, 2.45) is 5.92 Å². The lowest BCUT2D eigenvalue weighted by Gasteiger charge is -2.21. The largest absolute Gasteiger partial charge is 0.324 e. The van der Waals surface area contributed by atoms with Gasteiger partial charge in [0.2, 0.25) is 11.8 Å². The molecule has 4 rings (SSSR count). The molecular weight excluding hydrogens is 378 g/mol. The standard InChI is InChI=1S/C23H27N5O2/c1-15-20(26-23(30)10-17-6-4-3-5-7-17)11-19(12-24-15)18-8-9-22-27-21(25-16(2)29)14-28(22)13-18/h8-9,11-14,17H,3-7,10H2,1-2H3,(H,25,29)(H,26,30). The highest BCUT2D eigenvalue weighted by Crippen LogP contribution is 2.28. The molecule has 2 amide bonds. The lowest BCUT2D eigenvalue weighted by atomic mass is 9.87. The zero-order valence-electron chi connectivity index (χ0n) is 17.4. The normalized spacial score (nSPS) is 14.6. The zero-order valence-corrected chi connectivity index (χ0v) is 17.4. The highest BCUT2D eigenvalue weighted by molar-refractivity contribution is 5.92. The Morgan fingerprint density at radius 2 is 1.90 bits per heavy atom. The summed E-state index contributed by atoms with van der Waals surface area (Å²) in [4.78, 5) is 32.7. The zero-order chi connectivity index (χ0) is 21.1. The first-order valence-electron chi connectivity index (χ1n) is 10.5. The molecule has 1 fully saturated rings. The number of carbonyl (C=O) groups is 2.